The molecule has 0 radical (unpaired) electrons. The quantitative estimate of drug-likeness (QED) is 0.397. The molecule has 0 bridgehead atoms. The molecule has 0 spiro atoms. The Kier molecular flexibility index (Phi) is 9.37. The fourth-order valence-corrected chi connectivity index (χ4v) is 3.25. The Labute approximate surface area is 172 Å². The van der Waals surface area contributed by atoms with E-state index in [1.165, 1.54) is 5.56 Å². The zero-order chi connectivity index (χ0) is 17.5. The van der Waals surface area contributed by atoms with Gasteiger partial charge in [0.05, 0.1) is 23.3 Å². The summed E-state index contributed by atoms with van der Waals surface area (Å²) in [6, 6.07) is 10.8. The Balaban J connectivity index is 0.00000312. The summed E-state index contributed by atoms with van der Waals surface area (Å²) in [6.07, 6.45) is 0. The maximum absolute atomic E-state index is 4.52. The molecule has 2 aromatic rings. The van der Waals surface area contributed by atoms with Crippen LogP contribution in [-0.2, 0) is 6.54 Å². The molecular formula is C18H28IN5S. The van der Waals surface area contributed by atoms with Gasteiger partial charge in [0.25, 0.3) is 0 Å². The SMILES string of the molecule is CN=C(NCC(c1ccccc1)N(C)C)N(C)Cc1csc(C)n1.I. The lowest BCUT2D eigenvalue weighted by Gasteiger charge is -2.28. The maximum Gasteiger partial charge on any atom is 0.193 e. The highest BCUT2D eigenvalue weighted by atomic mass is 127. The van der Waals surface area contributed by atoms with Gasteiger partial charge in [0.2, 0.25) is 0 Å². The molecule has 1 unspecified atom stereocenters. The Hall–Kier alpha value is -1.19. The highest BCUT2D eigenvalue weighted by Crippen LogP contribution is 2.17. The maximum atomic E-state index is 4.52. The van der Waals surface area contributed by atoms with Gasteiger partial charge in [-0.25, -0.2) is 4.98 Å². The lowest BCUT2D eigenvalue weighted by molar-refractivity contribution is 0.295. The van der Waals surface area contributed by atoms with Crippen LogP contribution in [0, 0.1) is 6.92 Å². The smallest absolute Gasteiger partial charge is 0.193 e. The predicted octanol–water partition coefficient (Wildman–Crippen LogP) is 3.38. The van der Waals surface area contributed by atoms with E-state index in [2.05, 4.69) is 68.8 Å². The molecule has 7 heteroatoms. The minimum atomic E-state index is 0. The van der Waals surface area contributed by atoms with Gasteiger partial charge in [-0.3, -0.25) is 4.99 Å². The van der Waals surface area contributed by atoms with E-state index >= 15 is 0 Å². The van der Waals surface area contributed by atoms with Gasteiger partial charge in [0, 0.05) is 26.0 Å². The number of hydrogen-bond donors (Lipinski definition) is 1. The van der Waals surface area contributed by atoms with Crippen LogP contribution in [0.2, 0.25) is 0 Å². The average molecular weight is 473 g/mol. The normalized spacial score (nSPS) is 12.6. The van der Waals surface area contributed by atoms with Crippen LogP contribution in [-0.4, -0.2) is 55.5 Å². The lowest BCUT2D eigenvalue weighted by Crippen LogP contribution is -2.42. The van der Waals surface area contributed by atoms with Crippen LogP contribution >= 0.6 is 35.3 Å². The lowest BCUT2D eigenvalue weighted by atomic mass is 10.1. The molecule has 1 heterocycles. The third kappa shape index (κ3) is 6.56. The molecule has 5 nitrogen and oxygen atoms in total. The molecule has 1 atom stereocenters. The van der Waals surface area contributed by atoms with Crippen LogP contribution in [0.25, 0.3) is 0 Å². The van der Waals surface area contributed by atoms with Crippen LogP contribution in [0.3, 0.4) is 0 Å². The summed E-state index contributed by atoms with van der Waals surface area (Å²) >= 11 is 1.68. The molecule has 0 aliphatic heterocycles. The second kappa shape index (κ2) is 10.7. The van der Waals surface area contributed by atoms with Crippen LogP contribution < -0.4 is 5.32 Å². The van der Waals surface area contributed by atoms with Gasteiger partial charge >= 0.3 is 0 Å². The summed E-state index contributed by atoms with van der Waals surface area (Å²) in [6.45, 7) is 3.58. The summed E-state index contributed by atoms with van der Waals surface area (Å²) < 4.78 is 0. The molecule has 0 aliphatic rings. The summed E-state index contributed by atoms with van der Waals surface area (Å²) in [4.78, 5) is 13.3. The largest absolute Gasteiger partial charge is 0.354 e. The monoisotopic (exact) mass is 473 g/mol. The van der Waals surface area contributed by atoms with E-state index in [4.69, 9.17) is 0 Å². The van der Waals surface area contributed by atoms with Gasteiger partial charge in [-0.2, -0.15) is 0 Å². The molecule has 138 valence electrons. The van der Waals surface area contributed by atoms with Crippen molar-refractivity contribution in [3.63, 3.8) is 0 Å². The van der Waals surface area contributed by atoms with Gasteiger partial charge < -0.3 is 15.1 Å². The highest BCUT2D eigenvalue weighted by molar-refractivity contribution is 14.0. The van der Waals surface area contributed by atoms with Crippen molar-refractivity contribution in [1.29, 1.82) is 0 Å². The first-order valence-electron chi connectivity index (χ1n) is 8.05. The number of aliphatic imine (C=N–C) groups is 1. The first-order valence-corrected chi connectivity index (χ1v) is 8.93. The van der Waals surface area contributed by atoms with Crippen molar-refractivity contribution in [3.8, 4) is 0 Å². The molecule has 0 amide bonds. The zero-order valence-electron chi connectivity index (χ0n) is 15.6. The summed E-state index contributed by atoms with van der Waals surface area (Å²) in [5, 5.41) is 6.68. The molecule has 25 heavy (non-hydrogen) atoms. The molecule has 1 aromatic carbocycles. The third-order valence-corrected chi connectivity index (χ3v) is 4.72. The number of guanidine groups is 1. The second-order valence-corrected chi connectivity index (χ2v) is 7.09. The topological polar surface area (TPSA) is 43.8 Å². The highest BCUT2D eigenvalue weighted by Gasteiger charge is 2.16. The first-order chi connectivity index (χ1) is 11.5. The van der Waals surface area contributed by atoms with Gasteiger partial charge in [-0.1, -0.05) is 30.3 Å². The number of hydrogen-bond acceptors (Lipinski definition) is 4. The van der Waals surface area contributed by atoms with Crippen molar-refractivity contribution in [2.75, 3.05) is 34.7 Å². The Morgan fingerprint density at radius 1 is 1.24 bits per heavy atom. The predicted molar refractivity (Wildman–Crippen MR) is 118 cm³/mol. The molecule has 0 saturated heterocycles. The summed E-state index contributed by atoms with van der Waals surface area (Å²) in [5.74, 6) is 0.878. The van der Waals surface area contributed by atoms with E-state index in [9.17, 15) is 0 Å². The molecule has 1 aromatic heterocycles. The van der Waals surface area contributed by atoms with E-state index in [0.29, 0.717) is 0 Å². The van der Waals surface area contributed by atoms with Crippen molar-refractivity contribution < 1.29 is 0 Å². The first kappa shape index (κ1) is 21.9. The van der Waals surface area contributed by atoms with Crippen LogP contribution in [0.15, 0.2) is 40.7 Å². The standard InChI is InChI=1S/C18H27N5S.HI/c1-14-21-16(13-24-14)12-23(5)18(19-2)20-11-17(22(3)4)15-9-7-6-8-10-15;/h6-10,13,17H,11-12H2,1-5H3,(H,19,20);1H. The molecule has 0 fully saturated rings. The van der Waals surface area contributed by atoms with Crippen molar-refractivity contribution >= 4 is 41.3 Å². The second-order valence-electron chi connectivity index (χ2n) is 6.03. The number of aromatic nitrogens is 1. The Bertz CT molecular complexity index is 656. The van der Waals surface area contributed by atoms with Gasteiger partial charge in [-0.15, -0.1) is 35.3 Å². The molecular weight excluding hydrogens is 445 g/mol. The molecule has 1 N–H and O–H groups in total. The minimum absolute atomic E-state index is 0. The van der Waals surface area contributed by atoms with E-state index < -0.39 is 0 Å². The third-order valence-electron chi connectivity index (χ3n) is 3.90. The number of aryl methyl sites for hydroxylation is 1. The minimum Gasteiger partial charge on any atom is -0.354 e. The summed E-state index contributed by atoms with van der Waals surface area (Å²) in [7, 11) is 8.06. The van der Waals surface area contributed by atoms with Crippen molar-refractivity contribution in [3.05, 3.63) is 52.0 Å². The van der Waals surface area contributed by atoms with Crippen molar-refractivity contribution in [2.24, 2.45) is 4.99 Å². The number of benzene rings is 1. The summed E-state index contributed by atoms with van der Waals surface area (Å²) in [5.41, 5.74) is 2.37. The average Bonchev–Trinajstić information content (AvgIpc) is 2.97. The van der Waals surface area contributed by atoms with E-state index in [1.54, 1.807) is 11.3 Å². The van der Waals surface area contributed by atoms with E-state index in [0.717, 1.165) is 29.8 Å². The number of halogens is 1. The Morgan fingerprint density at radius 2 is 1.92 bits per heavy atom. The van der Waals surface area contributed by atoms with Crippen LogP contribution in [0.5, 0.6) is 0 Å². The van der Waals surface area contributed by atoms with Gasteiger partial charge in [0.1, 0.15) is 0 Å². The van der Waals surface area contributed by atoms with E-state index in [1.807, 2.05) is 27.1 Å². The fraction of sp³-hybridized carbons (Fsp3) is 0.444. The number of thiazole rings is 1. The Morgan fingerprint density at radius 3 is 2.44 bits per heavy atom. The fourth-order valence-electron chi connectivity index (χ4n) is 2.65. The van der Waals surface area contributed by atoms with Gasteiger partial charge in [0.15, 0.2) is 5.96 Å². The number of likely N-dealkylation sites (N-methyl/N-ethyl adjacent to an activating group) is 1. The number of rotatable bonds is 6. The zero-order valence-corrected chi connectivity index (χ0v) is 18.7. The molecule has 0 aliphatic carbocycles. The number of nitrogens with one attached hydrogen (secondary N) is 1. The van der Waals surface area contributed by atoms with Gasteiger partial charge in [-0.05, 0) is 26.6 Å². The van der Waals surface area contributed by atoms with Crippen LogP contribution in [0.4, 0.5) is 0 Å². The van der Waals surface area contributed by atoms with Crippen molar-refractivity contribution in [2.45, 2.75) is 19.5 Å². The molecule has 2 rings (SSSR count). The van der Waals surface area contributed by atoms with Crippen molar-refractivity contribution in [1.82, 2.24) is 20.1 Å². The molecule has 0 saturated carbocycles. The van der Waals surface area contributed by atoms with E-state index in [-0.39, 0.29) is 30.0 Å². The number of nitrogens with zero attached hydrogens (tertiary/aromatic N) is 4. The van der Waals surface area contributed by atoms with Crippen LogP contribution in [0.1, 0.15) is 22.3 Å².